The van der Waals surface area contributed by atoms with Gasteiger partial charge in [-0.2, -0.15) is 0 Å². The third-order valence-electron chi connectivity index (χ3n) is 3.63. The Bertz CT molecular complexity index is 877. The van der Waals surface area contributed by atoms with Crippen LogP contribution in [-0.4, -0.2) is 26.5 Å². The molecule has 1 aromatic carbocycles. The molecule has 6 heteroatoms. The van der Waals surface area contributed by atoms with Crippen LogP contribution < -0.4 is 14.9 Å². The molecule has 0 N–H and O–H groups in total. The van der Waals surface area contributed by atoms with E-state index in [-0.39, 0.29) is 5.69 Å². The second kappa shape index (κ2) is 5.25. The van der Waals surface area contributed by atoms with E-state index in [0.717, 1.165) is 22.4 Å². The molecule has 0 radical (unpaired) electrons. The van der Waals surface area contributed by atoms with Gasteiger partial charge in [0.2, 0.25) is 0 Å². The Morgan fingerprint density at radius 2 is 1.64 bits per heavy atom. The molecule has 0 spiro atoms. The molecule has 0 atom stereocenters. The number of fused-ring (bicyclic) bond motifs is 1. The quantitative estimate of drug-likeness (QED) is 0.602. The topological polar surface area (TPSA) is 67.6 Å². The van der Waals surface area contributed by atoms with Gasteiger partial charge in [-0.15, -0.1) is 0 Å². The van der Waals surface area contributed by atoms with Crippen LogP contribution in [0.5, 0.6) is 0 Å². The molecule has 0 saturated heterocycles. The summed E-state index contributed by atoms with van der Waals surface area (Å²) in [5.41, 5.74) is 3.71. The van der Waals surface area contributed by atoms with Gasteiger partial charge in [-0.25, -0.2) is 0 Å². The van der Waals surface area contributed by atoms with Crippen molar-refractivity contribution >= 4 is 47.3 Å². The Labute approximate surface area is 131 Å². The van der Waals surface area contributed by atoms with Gasteiger partial charge in [0.05, 0.1) is 0 Å². The molecule has 22 heavy (non-hydrogen) atoms. The number of hydrogen-bond donors (Lipinski definition) is 0. The fourth-order valence-electron chi connectivity index (χ4n) is 2.50. The summed E-state index contributed by atoms with van der Waals surface area (Å²) in [6.45, 7) is 1.70. The van der Waals surface area contributed by atoms with E-state index in [1.807, 2.05) is 18.2 Å². The Kier molecular flexibility index (Phi) is 3.53. The van der Waals surface area contributed by atoms with E-state index in [1.54, 1.807) is 6.92 Å². The summed E-state index contributed by atoms with van der Waals surface area (Å²) in [7, 11) is 0. The van der Waals surface area contributed by atoms with E-state index in [0.29, 0.717) is 11.1 Å². The minimum absolute atomic E-state index is 0.0123. The molecule has 0 saturated carbocycles. The molecule has 3 rings (SSSR count). The van der Waals surface area contributed by atoms with Crippen molar-refractivity contribution in [2.45, 2.75) is 18.3 Å². The van der Waals surface area contributed by atoms with Gasteiger partial charge in [-0.3, -0.25) is 0 Å². The van der Waals surface area contributed by atoms with Crippen LogP contribution in [0, 0.1) is 6.92 Å². The number of hydrogen-bond acceptors (Lipinski definition) is 4. The van der Waals surface area contributed by atoms with E-state index in [1.165, 1.54) is 4.35 Å². The number of benzene rings is 1. The normalized spacial score (nSPS) is 14.6. The number of aryl methyl sites for hydroxylation is 1. The van der Waals surface area contributed by atoms with Crippen LogP contribution >= 0.6 is 0 Å². The van der Waals surface area contributed by atoms with Gasteiger partial charge >= 0.3 is 131 Å². The van der Waals surface area contributed by atoms with Crippen LogP contribution in [0.1, 0.15) is 5.76 Å². The molecule has 112 valence electrons. The first kappa shape index (κ1) is 14.8. The monoisotopic (exact) mass is 359 g/mol. The van der Waals surface area contributed by atoms with Crippen molar-refractivity contribution < 1.29 is 14.0 Å². The van der Waals surface area contributed by atoms with Crippen molar-refractivity contribution in [2.75, 3.05) is 4.90 Å². The Morgan fingerprint density at radius 3 is 2.23 bits per heavy atom. The van der Waals surface area contributed by atoms with E-state index in [2.05, 4.69) is 11.4 Å². The zero-order valence-corrected chi connectivity index (χ0v) is 14.3. The van der Waals surface area contributed by atoms with Gasteiger partial charge in [0.1, 0.15) is 0 Å². The molecule has 2 heterocycles. The fourth-order valence-corrected chi connectivity index (χ4v) is 4.09. The van der Waals surface area contributed by atoms with Crippen LogP contribution in [0.15, 0.2) is 39.6 Å². The first-order chi connectivity index (χ1) is 10.4. The van der Waals surface area contributed by atoms with Crippen molar-refractivity contribution in [3.8, 4) is 0 Å². The van der Waals surface area contributed by atoms with Crippen molar-refractivity contribution in [1.29, 1.82) is 0 Å². The predicted molar refractivity (Wildman–Crippen MR) is 86.0 cm³/mol. The average molecular weight is 359 g/mol. The van der Waals surface area contributed by atoms with Crippen LogP contribution in [0.2, 0.25) is 11.4 Å². The van der Waals surface area contributed by atoms with Crippen molar-refractivity contribution in [3.05, 3.63) is 46.5 Å². The third-order valence-corrected chi connectivity index (χ3v) is 6.38. The molecular weight excluding hydrogens is 345 g/mol. The molecule has 0 fully saturated rings. The Balaban J connectivity index is 2.38. The number of nitrogens with zero attached hydrogens (tertiary/aromatic N) is 1. The van der Waals surface area contributed by atoms with Crippen LogP contribution in [0.3, 0.4) is 0 Å². The molecule has 0 bridgehead atoms. The molecule has 1 aliphatic rings. The maximum absolute atomic E-state index is 12.3. The Hall–Kier alpha value is -2.13. The van der Waals surface area contributed by atoms with Crippen molar-refractivity contribution in [3.63, 3.8) is 0 Å². The standard InChI is InChI=1S/C16H14AsNO4/c1-9-11-5-4-10(17(2)3)8-12(11)15(16(21)22-9)18-13(19)6-7-14(18)20/h4-8H,1-3H3. The second-order valence-electron chi connectivity index (χ2n) is 5.26. The van der Waals surface area contributed by atoms with Gasteiger partial charge in [-0.1, -0.05) is 0 Å². The molecule has 0 unspecified atom stereocenters. The summed E-state index contributed by atoms with van der Waals surface area (Å²) in [6, 6.07) is 5.82. The van der Waals surface area contributed by atoms with Gasteiger partial charge in [0.25, 0.3) is 0 Å². The van der Waals surface area contributed by atoms with Crippen LogP contribution in [-0.2, 0) is 9.59 Å². The van der Waals surface area contributed by atoms with Gasteiger partial charge in [-0.05, 0) is 0 Å². The fraction of sp³-hybridized carbons (Fsp3) is 0.188. The van der Waals surface area contributed by atoms with Gasteiger partial charge in [0, 0.05) is 0 Å². The summed E-state index contributed by atoms with van der Waals surface area (Å²) in [4.78, 5) is 37.0. The van der Waals surface area contributed by atoms with Gasteiger partial charge < -0.3 is 0 Å². The van der Waals surface area contributed by atoms with Crippen molar-refractivity contribution in [2.24, 2.45) is 0 Å². The molecular formula is C16H14AsNO4. The number of imide groups is 1. The molecule has 1 aliphatic heterocycles. The molecule has 2 aromatic rings. The number of amides is 2. The number of carbonyl (C=O) groups excluding carboxylic acids is 2. The number of carbonyl (C=O) groups is 2. The van der Waals surface area contributed by atoms with E-state index in [4.69, 9.17) is 4.42 Å². The van der Waals surface area contributed by atoms with Crippen molar-refractivity contribution in [1.82, 2.24) is 0 Å². The summed E-state index contributed by atoms with van der Waals surface area (Å²) < 4.78 is 6.38. The zero-order valence-electron chi connectivity index (χ0n) is 12.4. The van der Waals surface area contributed by atoms with E-state index in [9.17, 15) is 14.4 Å². The first-order valence-electron chi connectivity index (χ1n) is 6.71. The molecule has 1 aromatic heterocycles. The van der Waals surface area contributed by atoms with E-state index >= 15 is 0 Å². The number of rotatable bonds is 2. The maximum atomic E-state index is 12.3. The second-order valence-corrected chi connectivity index (χ2v) is 10.1. The minimum atomic E-state index is -1.16. The SMILES string of the molecule is Cc1oc(=O)c(N2C(=O)C=CC2=O)c2cc([As](C)C)ccc12. The summed E-state index contributed by atoms with van der Waals surface area (Å²) in [5.74, 6) is -0.556. The van der Waals surface area contributed by atoms with Crippen LogP contribution in [0.25, 0.3) is 10.8 Å². The van der Waals surface area contributed by atoms with Gasteiger partial charge in [0.15, 0.2) is 0 Å². The number of anilines is 1. The first-order valence-corrected chi connectivity index (χ1v) is 11.4. The third kappa shape index (κ3) is 2.22. The predicted octanol–water partition coefficient (Wildman–Crippen LogP) is 1.49. The molecule has 0 aliphatic carbocycles. The summed E-state index contributed by atoms with van der Waals surface area (Å²) >= 11 is -1.16. The summed E-state index contributed by atoms with van der Waals surface area (Å²) in [6.07, 6.45) is 2.32. The van der Waals surface area contributed by atoms with Crippen LogP contribution in [0.4, 0.5) is 5.69 Å². The molecule has 2 amide bonds. The zero-order chi connectivity index (χ0) is 16.0. The molecule has 5 nitrogen and oxygen atoms in total. The average Bonchev–Trinajstić information content (AvgIpc) is 2.79. The summed E-state index contributed by atoms with van der Waals surface area (Å²) in [5, 5.41) is 1.33. The van der Waals surface area contributed by atoms with E-state index < -0.39 is 32.1 Å². The Morgan fingerprint density at radius 1 is 1.00 bits per heavy atom.